The second-order valence-corrected chi connectivity index (χ2v) is 5.90. The summed E-state index contributed by atoms with van der Waals surface area (Å²) in [6, 6.07) is 10.1. The third-order valence-corrected chi connectivity index (χ3v) is 4.67. The maximum absolute atomic E-state index is 6.10. The van der Waals surface area contributed by atoms with Crippen molar-refractivity contribution < 1.29 is 0 Å². The van der Waals surface area contributed by atoms with Gasteiger partial charge in [0.25, 0.3) is 0 Å². The number of hydrogen-bond acceptors (Lipinski definition) is 4. The molecule has 0 radical (unpaired) electrons. The summed E-state index contributed by atoms with van der Waals surface area (Å²) in [6.45, 7) is 1.91. The molecule has 1 aromatic carbocycles. The third kappa shape index (κ3) is 1.88. The Morgan fingerprint density at radius 1 is 1.18 bits per heavy atom. The number of halogens is 1. The summed E-state index contributed by atoms with van der Waals surface area (Å²) < 4.78 is 2.41. The lowest BCUT2D eigenvalue weighted by molar-refractivity contribution is 0.935. The molecule has 0 aliphatic carbocycles. The predicted molar refractivity (Wildman–Crippen MR) is 90.6 cm³/mol. The highest BCUT2D eigenvalue weighted by atomic mass is 79.9. The van der Waals surface area contributed by atoms with Crippen molar-refractivity contribution in [2.75, 3.05) is 5.73 Å². The highest BCUT2D eigenvalue weighted by Crippen LogP contribution is 2.30. The number of nitrogens with zero attached hydrogens (tertiary/aromatic N) is 4. The molecule has 22 heavy (non-hydrogen) atoms. The van der Waals surface area contributed by atoms with Crippen LogP contribution in [-0.4, -0.2) is 19.6 Å². The number of para-hydroxylation sites is 1. The average molecular weight is 354 g/mol. The molecule has 0 bridgehead atoms. The maximum atomic E-state index is 6.10. The number of hydrogen-bond donors (Lipinski definition) is 1. The number of benzene rings is 1. The number of rotatable bonds is 1. The predicted octanol–water partition coefficient (Wildman–Crippen LogP) is 3.60. The standard InChI is InChI=1S/C16H12BrN5/c1-9-14(17)15(18)22-16(21-9)12(8-20-22)11-6-10-4-2-3-5-13(10)19-7-11/h2-8H,18H2,1H3. The molecule has 2 N–H and O–H groups in total. The van der Waals surface area contributed by atoms with Crippen LogP contribution < -0.4 is 5.73 Å². The molecule has 4 aromatic rings. The number of fused-ring (bicyclic) bond motifs is 2. The van der Waals surface area contributed by atoms with Gasteiger partial charge in [-0.25, -0.2) is 4.98 Å². The van der Waals surface area contributed by atoms with Crippen LogP contribution in [0.1, 0.15) is 5.69 Å². The van der Waals surface area contributed by atoms with E-state index in [2.05, 4.69) is 37.1 Å². The normalized spacial score (nSPS) is 11.4. The number of nitrogen functional groups attached to an aromatic ring is 1. The van der Waals surface area contributed by atoms with Crippen LogP contribution in [0.5, 0.6) is 0 Å². The van der Waals surface area contributed by atoms with Crippen LogP contribution in [0.15, 0.2) is 47.2 Å². The first kappa shape index (κ1) is 13.2. The molecular weight excluding hydrogens is 342 g/mol. The molecule has 0 saturated carbocycles. The molecular formula is C16H12BrN5. The van der Waals surface area contributed by atoms with E-state index < -0.39 is 0 Å². The zero-order chi connectivity index (χ0) is 15.3. The van der Waals surface area contributed by atoms with Crippen LogP contribution in [-0.2, 0) is 0 Å². The van der Waals surface area contributed by atoms with Gasteiger partial charge in [0.1, 0.15) is 5.82 Å². The minimum absolute atomic E-state index is 0.544. The van der Waals surface area contributed by atoms with Crippen LogP contribution in [0.25, 0.3) is 27.7 Å². The molecule has 0 spiro atoms. The SMILES string of the molecule is Cc1nc2c(-c3cnc4ccccc4c3)cnn2c(N)c1Br. The van der Waals surface area contributed by atoms with E-state index in [0.29, 0.717) is 5.82 Å². The van der Waals surface area contributed by atoms with Crippen LogP contribution in [0.4, 0.5) is 5.82 Å². The van der Waals surface area contributed by atoms with E-state index >= 15 is 0 Å². The summed E-state index contributed by atoms with van der Waals surface area (Å²) in [5.41, 5.74) is 10.5. The summed E-state index contributed by atoms with van der Waals surface area (Å²) in [4.78, 5) is 9.10. The first-order valence-corrected chi connectivity index (χ1v) is 7.59. The molecule has 6 heteroatoms. The summed E-state index contributed by atoms with van der Waals surface area (Å²) in [7, 11) is 0. The van der Waals surface area contributed by atoms with Gasteiger partial charge in [-0.15, -0.1) is 0 Å². The number of pyridine rings is 1. The van der Waals surface area contributed by atoms with Gasteiger partial charge in [-0.2, -0.15) is 9.61 Å². The van der Waals surface area contributed by atoms with Crippen molar-refractivity contribution in [2.45, 2.75) is 6.92 Å². The van der Waals surface area contributed by atoms with Gasteiger partial charge in [-0.05, 0) is 35.0 Å². The van der Waals surface area contributed by atoms with E-state index in [1.807, 2.05) is 37.4 Å². The van der Waals surface area contributed by atoms with Crippen LogP contribution in [0.2, 0.25) is 0 Å². The maximum Gasteiger partial charge on any atom is 0.165 e. The summed E-state index contributed by atoms with van der Waals surface area (Å²) >= 11 is 3.44. The molecule has 108 valence electrons. The summed E-state index contributed by atoms with van der Waals surface area (Å²) in [5, 5.41) is 5.43. The smallest absolute Gasteiger partial charge is 0.165 e. The molecule has 5 nitrogen and oxygen atoms in total. The Hall–Kier alpha value is -2.47. The van der Waals surface area contributed by atoms with E-state index in [4.69, 9.17) is 5.73 Å². The first-order chi connectivity index (χ1) is 10.6. The fourth-order valence-electron chi connectivity index (χ4n) is 2.53. The number of aromatic nitrogens is 4. The number of aryl methyl sites for hydroxylation is 1. The Labute approximate surface area is 134 Å². The summed E-state index contributed by atoms with van der Waals surface area (Å²) in [5.74, 6) is 0.544. The van der Waals surface area contributed by atoms with Crippen LogP contribution >= 0.6 is 15.9 Å². The summed E-state index contributed by atoms with van der Waals surface area (Å²) in [6.07, 6.45) is 3.62. The Bertz CT molecular complexity index is 1020. The Balaban J connectivity index is 2.00. The van der Waals surface area contributed by atoms with Crippen molar-refractivity contribution in [1.29, 1.82) is 0 Å². The van der Waals surface area contributed by atoms with E-state index in [9.17, 15) is 0 Å². The molecule has 0 amide bonds. The molecule has 3 heterocycles. The van der Waals surface area contributed by atoms with Gasteiger partial charge in [0, 0.05) is 22.7 Å². The molecule has 0 fully saturated rings. The van der Waals surface area contributed by atoms with Gasteiger partial charge in [0.2, 0.25) is 0 Å². The second-order valence-electron chi connectivity index (χ2n) is 5.11. The molecule has 0 unspecified atom stereocenters. The molecule has 0 aliphatic heterocycles. The van der Waals surface area contributed by atoms with Crippen molar-refractivity contribution in [3.63, 3.8) is 0 Å². The Morgan fingerprint density at radius 3 is 2.86 bits per heavy atom. The van der Waals surface area contributed by atoms with Gasteiger partial charge in [0.15, 0.2) is 5.65 Å². The lowest BCUT2D eigenvalue weighted by Gasteiger charge is -2.06. The Morgan fingerprint density at radius 2 is 2.00 bits per heavy atom. The van der Waals surface area contributed by atoms with E-state index in [-0.39, 0.29) is 0 Å². The largest absolute Gasteiger partial charge is 0.383 e. The van der Waals surface area contributed by atoms with Gasteiger partial charge < -0.3 is 5.73 Å². The van der Waals surface area contributed by atoms with Gasteiger partial charge in [-0.1, -0.05) is 18.2 Å². The van der Waals surface area contributed by atoms with Crippen molar-refractivity contribution in [1.82, 2.24) is 19.6 Å². The van der Waals surface area contributed by atoms with Crippen molar-refractivity contribution in [3.05, 3.63) is 52.9 Å². The number of anilines is 1. The lowest BCUT2D eigenvalue weighted by atomic mass is 10.1. The van der Waals surface area contributed by atoms with E-state index in [1.54, 1.807) is 10.7 Å². The Kier molecular flexibility index (Phi) is 2.87. The fraction of sp³-hybridized carbons (Fsp3) is 0.0625. The zero-order valence-corrected chi connectivity index (χ0v) is 13.4. The highest BCUT2D eigenvalue weighted by molar-refractivity contribution is 9.10. The quantitative estimate of drug-likeness (QED) is 0.567. The monoisotopic (exact) mass is 353 g/mol. The molecule has 0 saturated heterocycles. The van der Waals surface area contributed by atoms with Gasteiger partial charge in [-0.3, -0.25) is 4.98 Å². The van der Waals surface area contributed by atoms with E-state index in [1.165, 1.54) is 0 Å². The van der Waals surface area contributed by atoms with E-state index in [0.717, 1.165) is 37.8 Å². The third-order valence-electron chi connectivity index (χ3n) is 3.69. The van der Waals surface area contributed by atoms with Gasteiger partial charge in [0.05, 0.1) is 21.9 Å². The molecule has 4 rings (SSSR count). The zero-order valence-electron chi connectivity index (χ0n) is 11.8. The van der Waals surface area contributed by atoms with Crippen molar-refractivity contribution in [2.24, 2.45) is 0 Å². The lowest BCUT2D eigenvalue weighted by Crippen LogP contribution is -2.03. The van der Waals surface area contributed by atoms with Crippen molar-refractivity contribution in [3.8, 4) is 11.1 Å². The number of nitrogens with two attached hydrogens (primary N) is 1. The topological polar surface area (TPSA) is 69.1 Å². The average Bonchev–Trinajstić information content (AvgIpc) is 2.96. The van der Waals surface area contributed by atoms with Gasteiger partial charge >= 0.3 is 0 Å². The van der Waals surface area contributed by atoms with Crippen molar-refractivity contribution >= 4 is 38.3 Å². The molecule has 3 aromatic heterocycles. The first-order valence-electron chi connectivity index (χ1n) is 6.79. The molecule has 0 atom stereocenters. The second kappa shape index (κ2) is 4.78. The van der Waals surface area contributed by atoms with Crippen LogP contribution in [0.3, 0.4) is 0 Å². The minimum Gasteiger partial charge on any atom is -0.383 e. The minimum atomic E-state index is 0.544. The highest BCUT2D eigenvalue weighted by Gasteiger charge is 2.14. The van der Waals surface area contributed by atoms with Crippen LogP contribution in [0, 0.1) is 6.92 Å². The molecule has 0 aliphatic rings. The fourth-order valence-corrected chi connectivity index (χ4v) is 2.79.